The molecule has 2 saturated heterocycles. The van der Waals surface area contributed by atoms with E-state index in [0.29, 0.717) is 63.3 Å². The van der Waals surface area contributed by atoms with Crippen LogP contribution in [-0.4, -0.2) is 48.7 Å². The van der Waals surface area contributed by atoms with E-state index in [-0.39, 0.29) is 28.5 Å². The van der Waals surface area contributed by atoms with Gasteiger partial charge in [-0.05, 0) is 55.1 Å². The summed E-state index contributed by atoms with van der Waals surface area (Å²) in [6.07, 6.45) is 5.73. The van der Waals surface area contributed by atoms with E-state index >= 15 is 0 Å². The molecule has 4 aliphatic carbocycles. The average Bonchev–Trinajstić information content (AvgIpc) is 3.23. The van der Waals surface area contributed by atoms with Gasteiger partial charge in [0.05, 0.1) is 32.0 Å². The molecule has 1 spiro atoms. The van der Waals surface area contributed by atoms with Crippen LogP contribution < -0.4 is 0 Å². The molecule has 6 nitrogen and oxygen atoms in total. The van der Waals surface area contributed by atoms with Gasteiger partial charge in [-0.25, -0.2) is 0 Å². The highest BCUT2D eigenvalue weighted by Gasteiger charge is 2.60. The number of ketones is 1. The van der Waals surface area contributed by atoms with Gasteiger partial charge in [0.1, 0.15) is 5.78 Å². The van der Waals surface area contributed by atoms with Crippen molar-refractivity contribution in [2.45, 2.75) is 110 Å². The van der Waals surface area contributed by atoms with E-state index in [9.17, 15) is 9.90 Å². The Kier molecular flexibility index (Phi) is 6.51. The van der Waals surface area contributed by atoms with Crippen LogP contribution in [0.5, 0.6) is 0 Å². The predicted molar refractivity (Wildman–Crippen MR) is 155 cm³/mol. The van der Waals surface area contributed by atoms with Crippen molar-refractivity contribution in [3.05, 3.63) is 46.5 Å². The molecule has 2 heterocycles. The smallest absolute Gasteiger partial charge is 0.183 e. The van der Waals surface area contributed by atoms with Gasteiger partial charge < -0.3 is 24.1 Å². The molecule has 2 aliphatic heterocycles. The quantitative estimate of drug-likeness (QED) is 0.407. The monoisotopic (exact) mass is 564 g/mol. The Labute approximate surface area is 245 Å². The Hall–Kier alpha value is -1.57. The highest BCUT2D eigenvalue weighted by molar-refractivity contribution is 5.87. The summed E-state index contributed by atoms with van der Waals surface area (Å²) >= 11 is 0. The second kappa shape index (κ2) is 9.46. The molecular formula is C35H48O6. The van der Waals surface area contributed by atoms with Gasteiger partial charge in [0.25, 0.3) is 0 Å². The van der Waals surface area contributed by atoms with E-state index in [1.807, 2.05) is 0 Å². The normalized spacial score (nSPS) is 39.8. The Balaban J connectivity index is 1.27. The summed E-state index contributed by atoms with van der Waals surface area (Å²) in [5.74, 6) is 0.489. The summed E-state index contributed by atoms with van der Waals surface area (Å²) in [5, 5.41) is 12.4. The van der Waals surface area contributed by atoms with Gasteiger partial charge in [0.15, 0.2) is 12.1 Å². The van der Waals surface area contributed by atoms with Crippen molar-refractivity contribution in [2.24, 2.45) is 28.1 Å². The van der Waals surface area contributed by atoms with Crippen LogP contribution in [0.25, 0.3) is 0 Å². The number of carbonyl (C=O) groups is 1. The summed E-state index contributed by atoms with van der Waals surface area (Å²) in [5.41, 5.74) is 3.61. The van der Waals surface area contributed by atoms with Crippen molar-refractivity contribution in [3.8, 4) is 0 Å². The summed E-state index contributed by atoms with van der Waals surface area (Å²) in [7, 11) is 0. The van der Waals surface area contributed by atoms with Crippen LogP contribution >= 0.6 is 0 Å². The Morgan fingerprint density at radius 2 is 1.54 bits per heavy atom. The molecule has 6 heteroatoms. The molecular weight excluding hydrogens is 516 g/mol. The third kappa shape index (κ3) is 4.68. The summed E-state index contributed by atoms with van der Waals surface area (Å²) < 4.78 is 25.1. The van der Waals surface area contributed by atoms with Gasteiger partial charge in [-0.3, -0.25) is 4.79 Å². The molecule has 7 rings (SSSR count). The molecule has 0 amide bonds. The predicted octanol–water partition coefficient (Wildman–Crippen LogP) is 6.62. The number of aliphatic hydroxyl groups is 1. The second-order valence-corrected chi connectivity index (χ2v) is 16.0. The number of Topliss-reactive ketones (excluding diaryl/α,β-unsaturated/α-hetero) is 1. The Morgan fingerprint density at radius 3 is 2.27 bits per heavy atom. The van der Waals surface area contributed by atoms with Crippen molar-refractivity contribution in [1.29, 1.82) is 0 Å². The van der Waals surface area contributed by atoms with Crippen LogP contribution in [0.15, 0.2) is 35.4 Å². The fourth-order valence-corrected chi connectivity index (χ4v) is 9.13. The van der Waals surface area contributed by atoms with E-state index in [1.54, 1.807) is 0 Å². The van der Waals surface area contributed by atoms with Gasteiger partial charge in [-0.2, -0.15) is 0 Å². The Morgan fingerprint density at radius 1 is 0.854 bits per heavy atom. The van der Waals surface area contributed by atoms with E-state index in [0.717, 1.165) is 37.7 Å². The Bertz CT molecular complexity index is 1240. The third-order valence-corrected chi connectivity index (χ3v) is 11.4. The molecule has 5 fully saturated rings. The zero-order valence-electron chi connectivity index (χ0n) is 25.6. The average molecular weight is 565 g/mol. The maximum absolute atomic E-state index is 13.4. The topological polar surface area (TPSA) is 74.2 Å². The number of hydrogen-bond acceptors (Lipinski definition) is 6. The zero-order valence-corrected chi connectivity index (χ0v) is 25.6. The SMILES string of the molecule is CC1(C)COC(c2cccc([C@H]3C[C@@]4(C)C(=O)CC[C@H]4[C@@H]4CC[C@@]5(O)CC6(CCC5=C43)OCC(C)(C)CO6)c2)OC1. The first-order chi connectivity index (χ1) is 19.3. The van der Waals surface area contributed by atoms with Gasteiger partial charge >= 0.3 is 0 Å². The molecule has 0 bridgehead atoms. The number of hydrogen-bond donors (Lipinski definition) is 1. The van der Waals surface area contributed by atoms with Crippen molar-refractivity contribution in [2.75, 3.05) is 26.4 Å². The molecule has 1 N–H and O–H groups in total. The lowest BCUT2D eigenvalue weighted by Crippen LogP contribution is -2.57. The highest BCUT2D eigenvalue weighted by atomic mass is 16.7. The third-order valence-electron chi connectivity index (χ3n) is 11.4. The first-order valence-electron chi connectivity index (χ1n) is 15.9. The van der Waals surface area contributed by atoms with E-state index in [4.69, 9.17) is 18.9 Å². The maximum atomic E-state index is 13.4. The number of fused-ring (bicyclic) bond motifs is 4. The summed E-state index contributed by atoms with van der Waals surface area (Å²) in [6, 6.07) is 8.66. The van der Waals surface area contributed by atoms with Gasteiger partial charge in [0.2, 0.25) is 0 Å². The van der Waals surface area contributed by atoms with Crippen LogP contribution in [-0.2, 0) is 23.7 Å². The van der Waals surface area contributed by atoms with Crippen molar-refractivity contribution in [3.63, 3.8) is 0 Å². The van der Waals surface area contributed by atoms with Crippen LogP contribution in [0.1, 0.15) is 109 Å². The van der Waals surface area contributed by atoms with E-state index < -0.39 is 11.4 Å². The molecule has 1 aromatic carbocycles. The van der Waals surface area contributed by atoms with Crippen LogP contribution in [0.4, 0.5) is 0 Å². The van der Waals surface area contributed by atoms with Crippen LogP contribution in [0, 0.1) is 28.1 Å². The van der Waals surface area contributed by atoms with E-state index in [2.05, 4.69) is 58.9 Å². The molecule has 224 valence electrons. The maximum Gasteiger partial charge on any atom is 0.183 e. The van der Waals surface area contributed by atoms with Gasteiger partial charge in [-0.15, -0.1) is 0 Å². The van der Waals surface area contributed by atoms with Crippen molar-refractivity contribution >= 4 is 5.78 Å². The van der Waals surface area contributed by atoms with Gasteiger partial charge in [0, 0.05) is 47.0 Å². The molecule has 5 atom stereocenters. The minimum atomic E-state index is -0.932. The van der Waals surface area contributed by atoms with Crippen LogP contribution in [0.2, 0.25) is 0 Å². The highest BCUT2D eigenvalue weighted by Crippen LogP contribution is 2.64. The zero-order chi connectivity index (χ0) is 28.8. The van der Waals surface area contributed by atoms with Gasteiger partial charge in [-0.1, -0.05) is 64.5 Å². The van der Waals surface area contributed by atoms with Crippen molar-refractivity contribution < 1.29 is 28.8 Å². The number of rotatable bonds is 2. The first-order valence-corrected chi connectivity index (χ1v) is 15.9. The van der Waals surface area contributed by atoms with Crippen molar-refractivity contribution in [1.82, 2.24) is 0 Å². The minimum Gasteiger partial charge on any atom is -0.385 e. The number of benzene rings is 1. The molecule has 0 aromatic heterocycles. The first kappa shape index (κ1) is 28.2. The fraction of sp³-hybridized carbons (Fsp3) is 0.743. The number of carbonyl (C=O) groups excluding carboxylic acids is 1. The lowest BCUT2D eigenvalue weighted by atomic mass is 9.51. The standard InChI is InChI=1S/C35H48O6/c1-31(2)18-38-30(39-19-31)23-8-6-7-22(15-23)25-16-33(5)26(9-10-28(33)36)24-11-13-34(37)17-35(14-12-27(34)29(24)25)40-20-32(3,4)21-41-35/h6-8,15,24-26,30,37H,9-14,16-21H2,1-5H3/t24-,25+,26-,33+,34+/m0/s1. The molecule has 0 unspecified atom stereocenters. The lowest BCUT2D eigenvalue weighted by Gasteiger charge is -2.56. The molecule has 6 aliphatic rings. The fourth-order valence-electron chi connectivity index (χ4n) is 9.13. The molecule has 0 radical (unpaired) electrons. The second-order valence-electron chi connectivity index (χ2n) is 16.0. The summed E-state index contributed by atoms with van der Waals surface area (Å²) in [6.45, 7) is 13.5. The largest absolute Gasteiger partial charge is 0.385 e. The summed E-state index contributed by atoms with van der Waals surface area (Å²) in [4.78, 5) is 13.4. The lowest BCUT2D eigenvalue weighted by molar-refractivity contribution is -0.322. The molecule has 41 heavy (non-hydrogen) atoms. The number of ether oxygens (including phenoxy) is 4. The minimum absolute atomic E-state index is 0.00919. The number of allylic oxidation sites excluding steroid dienone is 1. The molecule has 3 saturated carbocycles. The molecule has 1 aromatic rings. The van der Waals surface area contributed by atoms with Crippen LogP contribution in [0.3, 0.4) is 0 Å². The van der Waals surface area contributed by atoms with E-state index in [1.165, 1.54) is 16.7 Å².